The number of nitrogens with zero attached hydrogens (tertiary/aromatic N) is 1. The Morgan fingerprint density at radius 1 is 1.07 bits per heavy atom. The van der Waals surface area contributed by atoms with E-state index in [0.717, 1.165) is 18.8 Å². The first kappa shape index (κ1) is 9.34. The highest BCUT2D eigenvalue weighted by atomic mass is 16.3. The topological polar surface area (TPSA) is 35.5 Å². The summed E-state index contributed by atoms with van der Waals surface area (Å²) in [6.45, 7) is 2.13. The SMILES string of the molecule is Oc1ccccc1NN1CCCCC1. The number of hydrogen-bond donors (Lipinski definition) is 2. The van der Waals surface area contributed by atoms with Crippen LogP contribution in [0.5, 0.6) is 5.75 Å². The van der Waals surface area contributed by atoms with E-state index in [9.17, 15) is 5.11 Å². The van der Waals surface area contributed by atoms with Crippen LogP contribution in [0.15, 0.2) is 24.3 Å². The number of phenols is 1. The molecule has 1 aliphatic rings. The average molecular weight is 192 g/mol. The molecule has 3 heteroatoms. The van der Waals surface area contributed by atoms with Gasteiger partial charge in [-0.25, -0.2) is 5.01 Å². The second-order valence-corrected chi connectivity index (χ2v) is 3.68. The van der Waals surface area contributed by atoms with Gasteiger partial charge in [0.2, 0.25) is 0 Å². The molecule has 0 radical (unpaired) electrons. The number of rotatable bonds is 2. The van der Waals surface area contributed by atoms with Crippen molar-refractivity contribution in [2.45, 2.75) is 19.3 Å². The van der Waals surface area contributed by atoms with Gasteiger partial charge in [-0.1, -0.05) is 18.6 Å². The minimum Gasteiger partial charge on any atom is -0.506 e. The lowest BCUT2D eigenvalue weighted by Crippen LogP contribution is -2.34. The third-order valence-corrected chi connectivity index (χ3v) is 2.54. The van der Waals surface area contributed by atoms with Crippen molar-refractivity contribution in [1.29, 1.82) is 0 Å². The van der Waals surface area contributed by atoms with Crippen molar-refractivity contribution in [2.75, 3.05) is 18.5 Å². The van der Waals surface area contributed by atoms with E-state index < -0.39 is 0 Å². The number of aromatic hydroxyl groups is 1. The molecule has 1 aromatic rings. The van der Waals surface area contributed by atoms with Crippen LogP contribution in [0.2, 0.25) is 0 Å². The zero-order valence-corrected chi connectivity index (χ0v) is 8.24. The maximum Gasteiger partial charge on any atom is 0.140 e. The Bertz CT molecular complexity index is 295. The van der Waals surface area contributed by atoms with Crippen molar-refractivity contribution < 1.29 is 5.11 Å². The van der Waals surface area contributed by atoms with E-state index in [1.165, 1.54) is 19.3 Å². The Kier molecular flexibility index (Phi) is 2.89. The summed E-state index contributed by atoms with van der Waals surface area (Å²) in [6, 6.07) is 7.35. The van der Waals surface area contributed by atoms with Gasteiger partial charge in [-0.05, 0) is 25.0 Å². The molecule has 0 aromatic heterocycles. The number of phenolic OH excluding ortho intramolecular Hbond substituents is 1. The van der Waals surface area contributed by atoms with Crippen molar-refractivity contribution in [2.24, 2.45) is 0 Å². The van der Waals surface area contributed by atoms with Crippen LogP contribution in [-0.2, 0) is 0 Å². The summed E-state index contributed by atoms with van der Waals surface area (Å²) in [5.41, 5.74) is 4.03. The lowest BCUT2D eigenvalue weighted by atomic mass is 10.2. The zero-order chi connectivity index (χ0) is 9.80. The van der Waals surface area contributed by atoms with Gasteiger partial charge in [0, 0.05) is 13.1 Å². The fourth-order valence-corrected chi connectivity index (χ4v) is 1.74. The second-order valence-electron chi connectivity index (χ2n) is 3.68. The van der Waals surface area contributed by atoms with Crippen LogP contribution in [0.3, 0.4) is 0 Å². The number of nitrogens with one attached hydrogen (secondary N) is 1. The van der Waals surface area contributed by atoms with Crippen LogP contribution in [0, 0.1) is 0 Å². The van der Waals surface area contributed by atoms with E-state index in [0.29, 0.717) is 5.75 Å². The summed E-state index contributed by atoms with van der Waals surface area (Å²) < 4.78 is 0. The minimum atomic E-state index is 0.318. The third kappa shape index (κ3) is 2.17. The minimum absolute atomic E-state index is 0.318. The molecular formula is C11H16N2O. The number of hydrogen-bond acceptors (Lipinski definition) is 3. The van der Waals surface area contributed by atoms with E-state index in [-0.39, 0.29) is 0 Å². The van der Waals surface area contributed by atoms with Crippen molar-refractivity contribution in [3.05, 3.63) is 24.3 Å². The molecule has 76 valence electrons. The van der Waals surface area contributed by atoms with E-state index in [4.69, 9.17) is 0 Å². The van der Waals surface area contributed by atoms with Gasteiger partial charge in [-0.15, -0.1) is 0 Å². The highest BCUT2D eigenvalue weighted by Crippen LogP contribution is 2.23. The molecule has 0 amide bonds. The Morgan fingerprint density at radius 2 is 1.79 bits per heavy atom. The van der Waals surface area contributed by atoms with Crippen LogP contribution in [-0.4, -0.2) is 23.2 Å². The summed E-state index contributed by atoms with van der Waals surface area (Å²) in [5, 5.41) is 11.7. The first-order valence-corrected chi connectivity index (χ1v) is 5.16. The van der Waals surface area contributed by atoms with Gasteiger partial charge < -0.3 is 10.5 Å². The van der Waals surface area contributed by atoms with Crippen LogP contribution in [0.1, 0.15) is 19.3 Å². The molecule has 0 saturated carbocycles. The quantitative estimate of drug-likeness (QED) is 0.705. The normalized spacial score (nSPS) is 18.0. The maximum atomic E-state index is 9.55. The van der Waals surface area contributed by atoms with Crippen molar-refractivity contribution in [3.63, 3.8) is 0 Å². The molecule has 0 atom stereocenters. The largest absolute Gasteiger partial charge is 0.506 e. The molecular weight excluding hydrogens is 176 g/mol. The molecule has 14 heavy (non-hydrogen) atoms. The highest BCUT2D eigenvalue weighted by Gasteiger charge is 2.10. The van der Waals surface area contributed by atoms with Crippen LogP contribution in [0.25, 0.3) is 0 Å². The van der Waals surface area contributed by atoms with Gasteiger partial charge in [0.1, 0.15) is 5.75 Å². The highest BCUT2D eigenvalue weighted by molar-refractivity contribution is 5.54. The van der Waals surface area contributed by atoms with E-state index >= 15 is 0 Å². The van der Waals surface area contributed by atoms with Crippen molar-refractivity contribution in [3.8, 4) is 5.75 Å². The van der Waals surface area contributed by atoms with Gasteiger partial charge >= 0.3 is 0 Å². The second kappa shape index (κ2) is 4.33. The molecule has 3 nitrogen and oxygen atoms in total. The monoisotopic (exact) mass is 192 g/mol. The van der Waals surface area contributed by atoms with Gasteiger partial charge in [0.05, 0.1) is 5.69 Å². The van der Waals surface area contributed by atoms with E-state index in [2.05, 4.69) is 10.4 Å². The van der Waals surface area contributed by atoms with Crippen molar-refractivity contribution >= 4 is 5.69 Å². The van der Waals surface area contributed by atoms with Crippen LogP contribution in [0.4, 0.5) is 5.69 Å². The molecule has 2 rings (SSSR count). The predicted octanol–water partition coefficient (Wildman–Crippen LogP) is 2.21. The molecule has 1 aromatic carbocycles. The summed E-state index contributed by atoms with van der Waals surface area (Å²) in [4.78, 5) is 0. The molecule has 1 fully saturated rings. The summed E-state index contributed by atoms with van der Waals surface area (Å²) in [7, 11) is 0. The van der Waals surface area contributed by atoms with E-state index in [1.54, 1.807) is 6.07 Å². The molecule has 0 spiro atoms. The molecule has 0 unspecified atom stereocenters. The smallest absolute Gasteiger partial charge is 0.140 e. The maximum absolute atomic E-state index is 9.55. The van der Waals surface area contributed by atoms with Crippen molar-refractivity contribution in [1.82, 2.24) is 5.01 Å². The molecule has 2 N–H and O–H groups in total. The lowest BCUT2D eigenvalue weighted by Gasteiger charge is -2.28. The molecule has 1 saturated heterocycles. The van der Waals surface area contributed by atoms with Gasteiger partial charge in [-0.3, -0.25) is 0 Å². The van der Waals surface area contributed by atoms with E-state index in [1.807, 2.05) is 18.2 Å². The molecule has 1 heterocycles. The molecule has 1 aliphatic heterocycles. The average Bonchev–Trinajstić information content (AvgIpc) is 2.23. The number of benzene rings is 1. The van der Waals surface area contributed by atoms with Gasteiger partial charge in [0.25, 0.3) is 0 Å². The Hall–Kier alpha value is -1.22. The number of para-hydroxylation sites is 2. The molecule has 0 aliphatic carbocycles. The Balaban J connectivity index is 1.99. The molecule has 0 bridgehead atoms. The summed E-state index contributed by atoms with van der Waals surface area (Å²) in [6.07, 6.45) is 3.79. The number of hydrazine groups is 1. The fourth-order valence-electron chi connectivity index (χ4n) is 1.74. The summed E-state index contributed by atoms with van der Waals surface area (Å²) >= 11 is 0. The number of anilines is 1. The number of piperidine rings is 1. The fraction of sp³-hybridized carbons (Fsp3) is 0.455. The first-order valence-electron chi connectivity index (χ1n) is 5.16. The van der Waals surface area contributed by atoms with Gasteiger partial charge in [-0.2, -0.15) is 0 Å². The van der Waals surface area contributed by atoms with Gasteiger partial charge in [0.15, 0.2) is 0 Å². The van der Waals surface area contributed by atoms with Crippen LogP contribution < -0.4 is 5.43 Å². The zero-order valence-electron chi connectivity index (χ0n) is 8.24. The summed E-state index contributed by atoms with van der Waals surface area (Å²) in [5.74, 6) is 0.318. The Labute approximate surface area is 84.3 Å². The lowest BCUT2D eigenvalue weighted by molar-refractivity contribution is 0.272. The third-order valence-electron chi connectivity index (χ3n) is 2.54. The van der Waals surface area contributed by atoms with Crippen LogP contribution >= 0.6 is 0 Å². The standard InChI is InChI=1S/C11H16N2O/c14-11-7-3-2-6-10(11)12-13-8-4-1-5-9-13/h2-3,6-7,12,14H,1,4-5,8-9H2. The Morgan fingerprint density at radius 3 is 2.50 bits per heavy atom. The predicted molar refractivity (Wildman–Crippen MR) is 57.2 cm³/mol. The first-order chi connectivity index (χ1) is 6.86.